The van der Waals surface area contributed by atoms with Crippen LogP contribution in [0.2, 0.25) is 0 Å². The number of nitrogens with zero attached hydrogens (tertiary/aromatic N) is 1. The van der Waals surface area contributed by atoms with Gasteiger partial charge in [0.15, 0.2) is 6.04 Å². The topological polar surface area (TPSA) is 70.4 Å². The predicted molar refractivity (Wildman–Crippen MR) is 118 cm³/mol. The van der Waals surface area contributed by atoms with Crippen LogP contribution in [-0.2, 0) is 4.79 Å². The Kier molecular flexibility index (Phi) is 5.98. The number of hydrazine groups is 1. The van der Waals surface area contributed by atoms with E-state index < -0.39 is 23.8 Å². The van der Waals surface area contributed by atoms with E-state index in [4.69, 9.17) is 4.74 Å². The molecule has 1 saturated heterocycles. The van der Waals surface area contributed by atoms with Gasteiger partial charge in [-0.15, -0.1) is 10.1 Å². The summed E-state index contributed by atoms with van der Waals surface area (Å²) in [5.41, 5.74) is 5.89. The van der Waals surface area contributed by atoms with Crippen molar-refractivity contribution in [2.24, 2.45) is 0 Å². The average Bonchev–Trinajstić information content (AvgIpc) is 3.09. The molecule has 32 heavy (non-hydrogen) atoms. The molecule has 0 bridgehead atoms. The van der Waals surface area contributed by atoms with Crippen LogP contribution in [0.1, 0.15) is 33.1 Å². The Hall–Kier alpha value is -4.00. The van der Waals surface area contributed by atoms with Crippen LogP contribution in [0.5, 0.6) is 5.75 Å². The van der Waals surface area contributed by atoms with E-state index in [1.807, 2.05) is 55.5 Å². The normalized spacial score (nSPS) is 19.0. The lowest BCUT2D eigenvalue weighted by Crippen LogP contribution is -2.42. The minimum absolute atomic E-state index is 0.275. The Morgan fingerprint density at radius 1 is 1.09 bits per heavy atom. The molecule has 0 saturated carbocycles. The third kappa shape index (κ3) is 4.51. The maximum atomic E-state index is 13.2. The molecule has 2 atom stereocenters. The number of hydrogen-bond donors (Lipinski definition) is 2. The standard InChI is InChI=1S/C25H22FN3O3/c1-16-6-8-18(9-7-16)23-22(27-24(30)19-10-12-20(26)13-11-19)25(31)28-29(23)15-17-4-3-5-21(14-17)32-2/h3-15,22-23H,1-2H3,(H-,27,28,30,31)/p+1/b29-15-/t22-,23+/m0/s1. The lowest BCUT2D eigenvalue weighted by atomic mass is 9.98. The van der Waals surface area contributed by atoms with Crippen LogP contribution in [-0.4, -0.2) is 35.9 Å². The second-order valence-electron chi connectivity index (χ2n) is 7.60. The minimum atomic E-state index is -0.850. The van der Waals surface area contributed by atoms with Gasteiger partial charge in [-0.05, 0) is 49.4 Å². The smallest absolute Gasteiger partial charge is 0.304 e. The van der Waals surface area contributed by atoms with Crippen LogP contribution < -0.4 is 15.5 Å². The Labute approximate surface area is 185 Å². The molecule has 0 radical (unpaired) electrons. The van der Waals surface area contributed by atoms with Crippen molar-refractivity contribution in [3.63, 3.8) is 0 Å². The molecule has 162 valence electrons. The lowest BCUT2D eigenvalue weighted by molar-refractivity contribution is -0.596. The molecular weight excluding hydrogens is 409 g/mol. The Balaban J connectivity index is 1.70. The molecule has 3 aromatic rings. The first-order valence-corrected chi connectivity index (χ1v) is 10.2. The predicted octanol–water partition coefficient (Wildman–Crippen LogP) is 3.16. The number of halogens is 1. The number of methoxy groups -OCH3 is 1. The number of hydrogen-bond acceptors (Lipinski definition) is 3. The van der Waals surface area contributed by atoms with Crippen LogP contribution in [0.4, 0.5) is 4.39 Å². The molecule has 1 aliphatic rings. The largest absolute Gasteiger partial charge is 0.497 e. The first-order valence-electron chi connectivity index (χ1n) is 10.2. The number of carbonyl (C=O) groups is 2. The van der Waals surface area contributed by atoms with Crippen LogP contribution in [0, 0.1) is 12.7 Å². The van der Waals surface area contributed by atoms with Crippen LogP contribution in [0.15, 0.2) is 72.8 Å². The fraction of sp³-hybridized carbons (Fsp3) is 0.160. The monoisotopic (exact) mass is 432 g/mol. The number of aryl methyl sites for hydroxylation is 1. The highest BCUT2D eigenvalue weighted by Crippen LogP contribution is 2.26. The highest BCUT2D eigenvalue weighted by molar-refractivity contribution is 5.98. The van der Waals surface area contributed by atoms with Crippen LogP contribution in [0.3, 0.4) is 0 Å². The van der Waals surface area contributed by atoms with Crippen molar-refractivity contribution in [1.82, 2.24) is 10.7 Å². The lowest BCUT2D eigenvalue weighted by Gasteiger charge is -2.15. The number of amides is 2. The minimum Gasteiger partial charge on any atom is -0.497 e. The van der Waals surface area contributed by atoms with Crippen molar-refractivity contribution in [2.45, 2.75) is 19.0 Å². The molecular formula is C25H23FN3O3+. The van der Waals surface area contributed by atoms with Gasteiger partial charge in [-0.25, -0.2) is 4.39 Å². The number of carbonyl (C=O) groups excluding carboxylic acids is 2. The van der Waals surface area contributed by atoms with Gasteiger partial charge in [0.1, 0.15) is 11.6 Å². The molecule has 0 aromatic heterocycles. The van der Waals surface area contributed by atoms with Crippen molar-refractivity contribution in [3.05, 3.63) is 101 Å². The summed E-state index contributed by atoms with van der Waals surface area (Å²) in [4.78, 5) is 25.7. The van der Waals surface area contributed by atoms with Crippen LogP contribution in [0.25, 0.3) is 0 Å². The van der Waals surface area contributed by atoms with E-state index in [0.717, 1.165) is 16.7 Å². The summed E-state index contributed by atoms with van der Waals surface area (Å²) >= 11 is 0. The maximum absolute atomic E-state index is 13.2. The molecule has 3 aromatic carbocycles. The average molecular weight is 432 g/mol. The number of nitrogens with one attached hydrogen (secondary N) is 2. The maximum Gasteiger partial charge on any atom is 0.304 e. The van der Waals surface area contributed by atoms with Crippen molar-refractivity contribution < 1.29 is 23.4 Å². The summed E-state index contributed by atoms with van der Waals surface area (Å²) in [5.74, 6) is -0.537. The molecule has 1 aliphatic heterocycles. The highest BCUT2D eigenvalue weighted by Gasteiger charge is 2.47. The van der Waals surface area contributed by atoms with Crippen molar-refractivity contribution >= 4 is 18.0 Å². The fourth-order valence-electron chi connectivity index (χ4n) is 3.65. The highest BCUT2D eigenvalue weighted by atomic mass is 19.1. The van der Waals surface area contributed by atoms with E-state index in [-0.39, 0.29) is 11.5 Å². The molecule has 7 heteroatoms. The molecule has 2 amide bonds. The Morgan fingerprint density at radius 2 is 1.81 bits per heavy atom. The number of ether oxygens (including phenoxy) is 1. The molecule has 0 spiro atoms. The summed E-state index contributed by atoms with van der Waals surface area (Å²) in [6.45, 7) is 1.98. The molecule has 1 fully saturated rings. The van der Waals surface area contributed by atoms with Crippen LogP contribution >= 0.6 is 0 Å². The van der Waals surface area contributed by atoms with Gasteiger partial charge in [0, 0.05) is 16.7 Å². The van der Waals surface area contributed by atoms with Crippen molar-refractivity contribution in [3.8, 4) is 5.75 Å². The van der Waals surface area contributed by atoms with E-state index in [1.165, 1.54) is 24.3 Å². The van der Waals surface area contributed by atoms with E-state index >= 15 is 0 Å². The summed E-state index contributed by atoms with van der Waals surface area (Å²) in [6, 6.07) is 19.1. The van der Waals surface area contributed by atoms with Gasteiger partial charge in [-0.3, -0.25) is 9.59 Å². The Bertz CT molecular complexity index is 1170. The zero-order valence-corrected chi connectivity index (χ0v) is 17.7. The number of rotatable bonds is 5. The van der Waals surface area contributed by atoms with Gasteiger partial charge in [0.05, 0.1) is 7.11 Å². The van der Waals surface area contributed by atoms with Gasteiger partial charge in [0.25, 0.3) is 5.91 Å². The second-order valence-corrected chi connectivity index (χ2v) is 7.60. The van der Waals surface area contributed by atoms with Gasteiger partial charge in [0.2, 0.25) is 12.3 Å². The molecule has 1 heterocycles. The second kappa shape index (κ2) is 9.01. The summed E-state index contributed by atoms with van der Waals surface area (Å²) in [5, 5.41) is 2.81. The molecule has 0 aliphatic carbocycles. The van der Waals surface area contributed by atoms with Gasteiger partial charge in [-0.2, -0.15) is 0 Å². The first kappa shape index (κ1) is 21.2. The van der Waals surface area contributed by atoms with Gasteiger partial charge in [-0.1, -0.05) is 35.9 Å². The van der Waals surface area contributed by atoms with E-state index in [0.29, 0.717) is 5.75 Å². The SMILES string of the molecule is COc1cccc(/C=[N+]2\NC(=O)[C@@H](NC(=O)c3ccc(F)cc3)[C@H]2c2ccc(C)cc2)c1. The van der Waals surface area contributed by atoms with E-state index in [1.54, 1.807) is 18.0 Å². The first-order chi connectivity index (χ1) is 15.4. The summed E-state index contributed by atoms with van der Waals surface area (Å²) < 4.78 is 20.2. The molecule has 0 unspecified atom stereocenters. The Morgan fingerprint density at radius 3 is 2.50 bits per heavy atom. The van der Waals surface area contributed by atoms with Crippen molar-refractivity contribution in [2.75, 3.05) is 7.11 Å². The van der Waals surface area contributed by atoms with Crippen molar-refractivity contribution in [1.29, 1.82) is 0 Å². The quantitative estimate of drug-likeness (QED) is 0.609. The number of benzene rings is 3. The van der Waals surface area contributed by atoms with E-state index in [2.05, 4.69) is 10.7 Å². The third-order valence-corrected chi connectivity index (χ3v) is 5.33. The zero-order valence-electron chi connectivity index (χ0n) is 17.7. The fourth-order valence-corrected chi connectivity index (χ4v) is 3.65. The van der Waals surface area contributed by atoms with Gasteiger partial charge >= 0.3 is 5.91 Å². The summed E-state index contributed by atoms with van der Waals surface area (Å²) in [7, 11) is 1.59. The van der Waals surface area contributed by atoms with E-state index in [9.17, 15) is 14.0 Å². The number of hydrazone groups is 1. The molecule has 6 nitrogen and oxygen atoms in total. The summed E-state index contributed by atoms with van der Waals surface area (Å²) in [6.07, 6.45) is 1.80. The molecule has 4 rings (SSSR count). The molecule has 2 N–H and O–H groups in total. The van der Waals surface area contributed by atoms with Gasteiger partial charge < -0.3 is 10.1 Å². The zero-order chi connectivity index (χ0) is 22.7. The third-order valence-electron chi connectivity index (χ3n) is 5.33.